The highest BCUT2D eigenvalue weighted by Gasteiger charge is 2.14. The molecule has 2 N–H and O–H groups in total. The Balaban J connectivity index is 2.03. The Morgan fingerprint density at radius 3 is 2.78 bits per heavy atom. The summed E-state index contributed by atoms with van der Waals surface area (Å²) in [5, 5.41) is 7.03. The van der Waals surface area contributed by atoms with Gasteiger partial charge in [-0.2, -0.15) is 0 Å². The fourth-order valence-corrected chi connectivity index (χ4v) is 2.43. The predicted octanol–water partition coefficient (Wildman–Crippen LogP) is -0.554. The molecule has 0 aromatic heterocycles. The van der Waals surface area contributed by atoms with Gasteiger partial charge in [0.15, 0.2) is 0 Å². The molecule has 0 bridgehead atoms. The molecule has 1 unspecified atom stereocenters. The standard InChI is InChI=1S/C11H22N3O3S/c1-18(16,17)14-8-7-13-11(15)5-4-10-3-2-6-12-9-10/h10,14H,2-9H2,1H3,(H,13,15). The molecule has 18 heavy (non-hydrogen) atoms. The van der Waals surface area contributed by atoms with Crippen LogP contribution in [0.15, 0.2) is 0 Å². The van der Waals surface area contributed by atoms with E-state index in [1.54, 1.807) is 0 Å². The molecule has 1 amide bonds. The zero-order valence-corrected chi connectivity index (χ0v) is 11.6. The van der Waals surface area contributed by atoms with Gasteiger partial charge in [0.2, 0.25) is 15.9 Å². The van der Waals surface area contributed by atoms with Gasteiger partial charge in [-0.1, -0.05) is 0 Å². The van der Waals surface area contributed by atoms with Crippen molar-refractivity contribution in [3.63, 3.8) is 0 Å². The van der Waals surface area contributed by atoms with E-state index in [1.165, 1.54) is 0 Å². The van der Waals surface area contributed by atoms with Crippen molar-refractivity contribution in [2.24, 2.45) is 5.92 Å². The number of nitrogens with one attached hydrogen (secondary N) is 2. The minimum atomic E-state index is -3.17. The maximum absolute atomic E-state index is 11.5. The number of rotatable bonds is 7. The van der Waals surface area contributed by atoms with Crippen molar-refractivity contribution in [3.8, 4) is 0 Å². The molecule has 1 fully saturated rings. The third-order valence-corrected chi connectivity index (χ3v) is 3.64. The lowest BCUT2D eigenvalue weighted by molar-refractivity contribution is -0.121. The average molecular weight is 276 g/mol. The summed E-state index contributed by atoms with van der Waals surface area (Å²) in [6, 6.07) is 0. The van der Waals surface area contributed by atoms with Crippen molar-refractivity contribution >= 4 is 15.9 Å². The molecule has 105 valence electrons. The Hall–Kier alpha value is -0.660. The van der Waals surface area contributed by atoms with Crippen LogP contribution in [-0.2, 0) is 14.8 Å². The highest BCUT2D eigenvalue weighted by atomic mass is 32.2. The van der Waals surface area contributed by atoms with Crippen LogP contribution in [0, 0.1) is 5.92 Å². The Morgan fingerprint density at radius 1 is 1.39 bits per heavy atom. The lowest BCUT2D eigenvalue weighted by Gasteiger charge is -2.20. The molecule has 0 saturated carbocycles. The summed E-state index contributed by atoms with van der Waals surface area (Å²) in [5.74, 6) is 0.523. The van der Waals surface area contributed by atoms with E-state index in [0.29, 0.717) is 18.9 Å². The van der Waals surface area contributed by atoms with Crippen molar-refractivity contribution in [1.29, 1.82) is 0 Å². The summed E-state index contributed by atoms with van der Waals surface area (Å²) in [5.41, 5.74) is 0. The molecule has 1 heterocycles. The fourth-order valence-electron chi connectivity index (χ4n) is 1.95. The molecule has 6 nitrogen and oxygen atoms in total. The fraction of sp³-hybridized carbons (Fsp3) is 0.909. The van der Waals surface area contributed by atoms with Crippen LogP contribution >= 0.6 is 0 Å². The van der Waals surface area contributed by atoms with Crippen molar-refractivity contribution in [1.82, 2.24) is 15.4 Å². The van der Waals surface area contributed by atoms with E-state index in [1.807, 2.05) is 0 Å². The van der Waals surface area contributed by atoms with E-state index in [4.69, 9.17) is 0 Å². The Bertz CT molecular complexity index is 351. The minimum Gasteiger partial charge on any atom is -0.355 e. The molecular formula is C11H22N3O3S. The SMILES string of the molecule is CS(=O)(=O)NCCNC(=O)CCC1CCC[N]C1. The van der Waals surface area contributed by atoms with Crippen molar-refractivity contribution < 1.29 is 13.2 Å². The summed E-state index contributed by atoms with van der Waals surface area (Å²) >= 11 is 0. The molecular weight excluding hydrogens is 254 g/mol. The highest BCUT2D eigenvalue weighted by molar-refractivity contribution is 7.88. The van der Waals surface area contributed by atoms with Crippen molar-refractivity contribution in [2.45, 2.75) is 25.7 Å². The third-order valence-electron chi connectivity index (χ3n) is 2.91. The Kier molecular flexibility index (Phi) is 6.59. The summed E-state index contributed by atoms with van der Waals surface area (Å²) in [4.78, 5) is 11.5. The second kappa shape index (κ2) is 7.70. The average Bonchev–Trinajstić information content (AvgIpc) is 2.32. The molecule has 1 aliphatic rings. The van der Waals surface area contributed by atoms with Crippen molar-refractivity contribution in [2.75, 3.05) is 32.4 Å². The van der Waals surface area contributed by atoms with Crippen LogP contribution in [0.25, 0.3) is 0 Å². The quantitative estimate of drug-likeness (QED) is 0.611. The molecule has 1 saturated heterocycles. The van der Waals surface area contributed by atoms with Crippen LogP contribution in [0.4, 0.5) is 0 Å². The smallest absolute Gasteiger partial charge is 0.220 e. The van der Waals surface area contributed by atoms with E-state index in [9.17, 15) is 13.2 Å². The molecule has 0 aliphatic carbocycles. The first-order valence-electron chi connectivity index (χ1n) is 6.32. The number of carbonyl (C=O) groups excluding carboxylic acids is 1. The molecule has 0 aromatic rings. The van der Waals surface area contributed by atoms with Crippen LogP contribution in [0.5, 0.6) is 0 Å². The molecule has 1 rings (SSSR count). The number of hydrogen-bond donors (Lipinski definition) is 2. The van der Waals surface area contributed by atoms with Crippen LogP contribution < -0.4 is 15.4 Å². The third kappa shape index (κ3) is 7.62. The number of carbonyl (C=O) groups is 1. The van der Waals surface area contributed by atoms with Gasteiger partial charge >= 0.3 is 0 Å². The molecule has 0 spiro atoms. The molecule has 0 aromatic carbocycles. The van der Waals surface area contributed by atoms with Crippen LogP contribution in [-0.4, -0.2) is 46.8 Å². The monoisotopic (exact) mass is 276 g/mol. The zero-order valence-electron chi connectivity index (χ0n) is 10.8. The Morgan fingerprint density at radius 2 is 2.17 bits per heavy atom. The summed E-state index contributed by atoms with van der Waals surface area (Å²) in [6.45, 7) is 2.41. The van der Waals surface area contributed by atoms with Gasteiger partial charge in [-0.05, 0) is 25.2 Å². The normalized spacial score (nSPS) is 20.6. The molecule has 1 radical (unpaired) electrons. The second-order valence-electron chi connectivity index (χ2n) is 4.69. The Labute approximate surface area is 109 Å². The molecule has 7 heteroatoms. The molecule has 1 aliphatic heterocycles. The van der Waals surface area contributed by atoms with E-state index in [-0.39, 0.29) is 12.5 Å². The number of piperidine rings is 1. The largest absolute Gasteiger partial charge is 0.355 e. The lowest BCUT2D eigenvalue weighted by Crippen LogP contribution is -2.34. The van der Waals surface area contributed by atoms with Gasteiger partial charge in [-0.3, -0.25) is 4.79 Å². The van der Waals surface area contributed by atoms with Gasteiger partial charge in [0.25, 0.3) is 0 Å². The van der Waals surface area contributed by atoms with Crippen LogP contribution in [0.1, 0.15) is 25.7 Å². The maximum Gasteiger partial charge on any atom is 0.220 e. The van der Waals surface area contributed by atoms with Gasteiger partial charge in [-0.25, -0.2) is 18.5 Å². The number of hydrogen-bond acceptors (Lipinski definition) is 3. The summed E-state index contributed by atoms with van der Waals surface area (Å²) in [6.07, 6.45) is 4.76. The summed E-state index contributed by atoms with van der Waals surface area (Å²) in [7, 11) is -3.17. The summed E-state index contributed by atoms with van der Waals surface area (Å²) < 4.78 is 23.9. The highest BCUT2D eigenvalue weighted by Crippen LogP contribution is 2.16. The van der Waals surface area contributed by atoms with E-state index >= 15 is 0 Å². The first-order chi connectivity index (χ1) is 8.47. The van der Waals surface area contributed by atoms with E-state index in [0.717, 1.165) is 38.6 Å². The zero-order chi connectivity index (χ0) is 13.4. The van der Waals surface area contributed by atoms with E-state index in [2.05, 4.69) is 15.4 Å². The van der Waals surface area contributed by atoms with Gasteiger partial charge in [-0.15, -0.1) is 0 Å². The number of nitrogens with zero attached hydrogens (tertiary/aromatic N) is 1. The maximum atomic E-state index is 11.5. The predicted molar refractivity (Wildman–Crippen MR) is 69.7 cm³/mol. The topological polar surface area (TPSA) is 89.4 Å². The number of sulfonamides is 1. The van der Waals surface area contributed by atoms with Gasteiger partial charge in [0.05, 0.1) is 6.26 Å². The first-order valence-corrected chi connectivity index (χ1v) is 8.21. The van der Waals surface area contributed by atoms with Gasteiger partial charge in [0, 0.05) is 32.6 Å². The minimum absolute atomic E-state index is 0.0177. The molecule has 1 atom stereocenters. The van der Waals surface area contributed by atoms with Crippen LogP contribution in [0.2, 0.25) is 0 Å². The number of amides is 1. The second-order valence-corrected chi connectivity index (χ2v) is 6.53. The lowest BCUT2D eigenvalue weighted by atomic mass is 9.94. The van der Waals surface area contributed by atoms with Crippen molar-refractivity contribution in [3.05, 3.63) is 0 Å². The van der Waals surface area contributed by atoms with E-state index < -0.39 is 10.0 Å². The van der Waals surface area contributed by atoms with Gasteiger partial charge < -0.3 is 5.32 Å². The first kappa shape index (κ1) is 15.4. The van der Waals surface area contributed by atoms with Gasteiger partial charge in [0.1, 0.15) is 0 Å². The van der Waals surface area contributed by atoms with Crippen LogP contribution in [0.3, 0.4) is 0 Å².